The Kier molecular flexibility index (Phi) is 2.43. The Balaban J connectivity index is 2.26. The number of hydroxylamine groups is 1. The predicted molar refractivity (Wildman–Crippen MR) is 52.0 cm³/mol. The van der Waals surface area contributed by atoms with Crippen LogP contribution in [0.15, 0.2) is 42.0 Å². The standard InChI is InChI=1S/C11H13NO/c1-9-7-8-12-13-11(9)10-5-3-2-4-6-10/h2-7,11-12H,8H2,1H3. The van der Waals surface area contributed by atoms with Gasteiger partial charge in [-0.15, -0.1) is 0 Å². The molecule has 0 saturated heterocycles. The summed E-state index contributed by atoms with van der Waals surface area (Å²) in [6.07, 6.45) is 2.23. The smallest absolute Gasteiger partial charge is 0.125 e. The minimum atomic E-state index is 0.0787. The molecule has 1 aromatic carbocycles. The summed E-state index contributed by atoms with van der Waals surface area (Å²) in [6.45, 7) is 2.90. The van der Waals surface area contributed by atoms with E-state index in [4.69, 9.17) is 4.84 Å². The SMILES string of the molecule is CC1=CCNOC1c1ccccc1. The molecule has 0 saturated carbocycles. The zero-order chi connectivity index (χ0) is 9.10. The van der Waals surface area contributed by atoms with Crippen LogP contribution in [0.5, 0.6) is 0 Å². The summed E-state index contributed by atoms with van der Waals surface area (Å²) in [6, 6.07) is 10.2. The highest BCUT2D eigenvalue weighted by Crippen LogP contribution is 2.25. The predicted octanol–water partition coefficient (Wildman–Crippen LogP) is 2.21. The minimum absolute atomic E-state index is 0.0787. The lowest BCUT2D eigenvalue weighted by atomic mass is 10.0. The Hall–Kier alpha value is -1.12. The van der Waals surface area contributed by atoms with Gasteiger partial charge in [0.25, 0.3) is 0 Å². The zero-order valence-corrected chi connectivity index (χ0v) is 7.66. The Morgan fingerprint density at radius 1 is 1.31 bits per heavy atom. The second kappa shape index (κ2) is 3.73. The average Bonchev–Trinajstić information content (AvgIpc) is 2.20. The number of hydrogen-bond acceptors (Lipinski definition) is 2. The number of nitrogens with one attached hydrogen (secondary N) is 1. The molecule has 0 aromatic heterocycles. The van der Waals surface area contributed by atoms with Gasteiger partial charge < -0.3 is 0 Å². The highest BCUT2D eigenvalue weighted by molar-refractivity contribution is 5.26. The van der Waals surface area contributed by atoms with Crippen molar-refractivity contribution in [2.75, 3.05) is 6.54 Å². The van der Waals surface area contributed by atoms with Crippen molar-refractivity contribution in [1.82, 2.24) is 5.48 Å². The Bertz CT molecular complexity index is 305. The molecule has 1 atom stereocenters. The van der Waals surface area contributed by atoms with E-state index < -0.39 is 0 Å². The fourth-order valence-electron chi connectivity index (χ4n) is 1.49. The fourth-order valence-corrected chi connectivity index (χ4v) is 1.49. The summed E-state index contributed by atoms with van der Waals surface area (Å²) in [5.41, 5.74) is 5.35. The van der Waals surface area contributed by atoms with Crippen LogP contribution < -0.4 is 5.48 Å². The number of hydrogen-bond donors (Lipinski definition) is 1. The molecule has 1 N–H and O–H groups in total. The van der Waals surface area contributed by atoms with Crippen LogP contribution in [0.25, 0.3) is 0 Å². The largest absolute Gasteiger partial charge is 0.289 e. The van der Waals surface area contributed by atoms with Crippen molar-refractivity contribution in [3.05, 3.63) is 47.5 Å². The summed E-state index contributed by atoms with van der Waals surface area (Å²) in [4.78, 5) is 5.46. The number of rotatable bonds is 1. The molecule has 0 radical (unpaired) electrons. The third-order valence-corrected chi connectivity index (χ3v) is 2.22. The zero-order valence-electron chi connectivity index (χ0n) is 7.66. The van der Waals surface area contributed by atoms with Gasteiger partial charge in [0, 0.05) is 6.54 Å². The summed E-state index contributed by atoms with van der Waals surface area (Å²) < 4.78 is 0. The van der Waals surface area contributed by atoms with Crippen molar-refractivity contribution in [2.45, 2.75) is 13.0 Å². The Morgan fingerprint density at radius 3 is 2.77 bits per heavy atom. The van der Waals surface area contributed by atoms with E-state index in [0.29, 0.717) is 0 Å². The molecule has 1 aliphatic heterocycles. The van der Waals surface area contributed by atoms with Crippen LogP contribution in [0.1, 0.15) is 18.6 Å². The van der Waals surface area contributed by atoms with Gasteiger partial charge in [0.1, 0.15) is 6.10 Å². The van der Waals surface area contributed by atoms with Gasteiger partial charge >= 0.3 is 0 Å². The van der Waals surface area contributed by atoms with Gasteiger partial charge in [-0.3, -0.25) is 4.84 Å². The maximum absolute atomic E-state index is 5.46. The van der Waals surface area contributed by atoms with Crippen LogP contribution in [-0.4, -0.2) is 6.54 Å². The second-order valence-corrected chi connectivity index (χ2v) is 3.21. The van der Waals surface area contributed by atoms with E-state index in [9.17, 15) is 0 Å². The van der Waals surface area contributed by atoms with Gasteiger partial charge in [0.15, 0.2) is 0 Å². The Morgan fingerprint density at radius 2 is 2.08 bits per heavy atom. The third kappa shape index (κ3) is 1.79. The summed E-state index contributed by atoms with van der Waals surface area (Å²) in [5.74, 6) is 0. The van der Waals surface area contributed by atoms with Crippen molar-refractivity contribution >= 4 is 0 Å². The van der Waals surface area contributed by atoms with Crippen molar-refractivity contribution in [2.24, 2.45) is 0 Å². The first-order chi connectivity index (χ1) is 6.38. The lowest BCUT2D eigenvalue weighted by molar-refractivity contribution is -0.0101. The Labute approximate surface area is 78.2 Å². The molecule has 0 aliphatic carbocycles. The van der Waals surface area contributed by atoms with Gasteiger partial charge in [-0.2, -0.15) is 5.48 Å². The van der Waals surface area contributed by atoms with E-state index in [0.717, 1.165) is 6.54 Å². The molecule has 0 bridgehead atoms. The molecule has 2 heteroatoms. The van der Waals surface area contributed by atoms with E-state index in [1.807, 2.05) is 18.2 Å². The van der Waals surface area contributed by atoms with Gasteiger partial charge in [-0.1, -0.05) is 36.4 Å². The van der Waals surface area contributed by atoms with Gasteiger partial charge in [-0.25, -0.2) is 0 Å². The van der Waals surface area contributed by atoms with Gasteiger partial charge in [-0.05, 0) is 18.1 Å². The normalized spacial score (nSPS) is 22.5. The van der Waals surface area contributed by atoms with E-state index in [1.165, 1.54) is 11.1 Å². The van der Waals surface area contributed by atoms with Gasteiger partial charge in [0.2, 0.25) is 0 Å². The van der Waals surface area contributed by atoms with Crippen LogP contribution in [0, 0.1) is 0 Å². The van der Waals surface area contributed by atoms with Gasteiger partial charge in [0.05, 0.1) is 0 Å². The molecule has 1 unspecified atom stereocenters. The molecule has 0 spiro atoms. The van der Waals surface area contributed by atoms with Crippen molar-refractivity contribution < 1.29 is 4.84 Å². The average molecular weight is 175 g/mol. The van der Waals surface area contributed by atoms with Crippen LogP contribution >= 0.6 is 0 Å². The van der Waals surface area contributed by atoms with Crippen molar-refractivity contribution in [3.8, 4) is 0 Å². The highest BCUT2D eigenvalue weighted by atomic mass is 16.7. The second-order valence-electron chi connectivity index (χ2n) is 3.21. The lowest BCUT2D eigenvalue weighted by Gasteiger charge is -2.22. The maximum atomic E-state index is 5.46. The quantitative estimate of drug-likeness (QED) is 0.661. The first kappa shape index (κ1) is 8.48. The molecule has 1 aliphatic rings. The van der Waals surface area contributed by atoms with Crippen LogP contribution in [-0.2, 0) is 4.84 Å². The highest BCUT2D eigenvalue weighted by Gasteiger charge is 2.16. The van der Waals surface area contributed by atoms with E-state index in [1.54, 1.807) is 0 Å². The van der Waals surface area contributed by atoms with Crippen molar-refractivity contribution in [1.29, 1.82) is 0 Å². The summed E-state index contributed by atoms with van der Waals surface area (Å²) >= 11 is 0. The molecule has 1 heterocycles. The molecule has 0 amide bonds. The molecule has 68 valence electrons. The fraction of sp³-hybridized carbons (Fsp3) is 0.273. The van der Waals surface area contributed by atoms with E-state index in [-0.39, 0.29) is 6.10 Å². The number of benzene rings is 1. The van der Waals surface area contributed by atoms with E-state index >= 15 is 0 Å². The van der Waals surface area contributed by atoms with E-state index in [2.05, 4.69) is 30.6 Å². The topological polar surface area (TPSA) is 21.3 Å². The summed E-state index contributed by atoms with van der Waals surface area (Å²) in [7, 11) is 0. The molecular formula is C11H13NO. The summed E-state index contributed by atoms with van der Waals surface area (Å²) in [5, 5.41) is 0. The molecule has 0 fully saturated rings. The first-order valence-corrected chi connectivity index (χ1v) is 4.48. The molecule has 2 nitrogen and oxygen atoms in total. The lowest BCUT2D eigenvalue weighted by Crippen LogP contribution is -2.24. The maximum Gasteiger partial charge on any atom is 0.125 e. The first-order valence-electron chi connectivity index (χ1n) is 4.48. The minimum Gasteiger partial charge on any atom is -0.289 e. The van der Waals surface area contributed by atoms with Crippen molar-refractivity contribution in [3.63, 3.8) is 0 Å². The van der Waals surface area contributed by atoms with Crippen LogP contribution in [0.2, 0.25) is 0 Å². The monoisotopic (exact) mass is 175 g/mol. The van der Waals surface area contributed by atoms with Crippen LogP contribution in [0.4, 0.5) is 0 Å². The molecule has 2 rings (SSSR count). The molecular weight excluding hydrogens is 162 g/mol. The van der Waals surface area contributed by atoms with Crippen LogP contribution in [0.3, 0.4) is 0 Å². The molecule has 1 aromatic rings. The molecule has 13 heavy (non-hydrogen) atoms. The third-order valence-electron chi connectivity index (χ3n) is 2.22.